The smallest absolute Gasteiger partial charge is 0.339 e. The number of ether oxygens (including phenoxy) is 1. The van der Waals surface area contributed by atoms with Crippen molar-refractivity contribution in [2.24, 2.45) is 0 Å². The minimum absolute atomic E-state index is 0.122. The largest absolute Gasteiger partial charge is 0.465 e. The maximum Gasteiger partial charge on any atom is 0.339 e. The second-order valence-corrected chi connectivity index (χ2v) is 7.91. The molecular formula is C21H19IN4O3. The molecule has 8 heteroatoms. The van der Waals surface area contributed by atoms with Gasteiger partial charge in [0.05, 0.1) is 30.6 Å². The number of aromatic nitrogens is 3. The van der Waals surface area contributed by atoms with Gasteiger partial charge in [0, 0.05) is 21.0 Å². The van der Waals surface area contributed by atoms with E-state index in [1.165, 1.54) is 25.4 Å². The Morgan fingerprint density at radius 1 is 1.21 bits per heavy atom. The van der Waals surface area contributed by atoms with E-state index >= 15 is 0 Å². The lowest BCUT2D eigenvalue weighted by Gasteiger charge is -2.24. The Hall–Kier alpha value is -2.75. The van der Waals surface area contributed by atoms with E-state index in [4.69, 9.17) is 0 Å². The van der Waals surface area contributed by atoms with Crippen LogP contribution in [0, 0.1) is 3.57 Å². The van der Waals surface area contributed by atoms with E-state index < -0.39 is 5.97 Å². The number of hydrogen-bond donors (Lipinski definition) is 1. The summed E-state index contributed by atoms with van der Waals surface area (Å²) in [6.07, 6.45) is 5.91. The number of nitrogens with zero attached hydrogens (tertiary/aromatic N) is 3. The van der Waals surface area contributed by atoms with Crippen molar-refractivity contribution >= 4 is 34.5 Å². The van der Waals surface area contributed by atoms with Crippen molar-refractivity contribution in [3.05, 3.63) is 74.9 Å². The van der Waals surface area contributed by atoms with Crippen molar-refractivity contribution in [1.82, 2.24) is 20.1 Å². The van der Waals surface area contributed by atoms with Crippen LogP contribution in [0.25, 0.3) is 5.69 Å². The van der Waals surface area contributed by atoms with Gasteiger partial charge < -0.3 is 10.1 Å². The minimum atomic E-state index is -0.482. The maximum atomic E-state index is 12.7. The van der Waals surface area contributed by atoms with Gasteiger partial charge in [0.2, 0.25) is 0 Å². The SMILES string of the molecule is COC(=O)c1ccc(C(=O)NC2CCCc3c2cnn3-c2ccccc2I)nc1. The third-order valence-electron chi connectivity index (χ3n) is 4.99. The second-order valence-electron chi connectivity index (χ2n) is 6.75. The number of nitrogens with one attached hydrogen (secondary N) is 1. The quantitative estimate of drug-likeness (QED) is 0.437. The number of esters is 1. The monoisotopic (exact) mass is 502 g/mol. The fourth-order valence-corrected chi connectivity index (χ4v) is 4.15. The van der Waals surface area contributed by atoms with Gasteiger partial charge in [0.25, 0.3) is 5.91 Å². The highest BCUT2D eigenvalue weighted by Gasteiger charge is 2.27. The van der Waals surface area contributed by atoms with Crippen LogP contribution in [0.1, 0.15) is 51.0 Å². The van der Waals surface area contributed by atoms with E-state index in [0.717, 1.165) is 39.8 Å². The van der Waals surface area contributed by atoms with Crippen LogP contribution in [0.4, 0.5) is 0 Å². The number of halogens is 1. The Balaban J connectivity index is 1.55. The number of methoxy groups -OCH3 is 1. The molecule has 1 aliphatic rings. The molecule has 0 saturated heterocycles. The second kappa shape index (κ2) is 8.32. The molecule has 0 spiro atoms. The van der Waals surface area contributed by atoms with Crippen molar-refractivity contribution < 1.29 is 14.3 Å². The first-order valence-electron chi connectivity index (χ1n) is 9.25. The topological polar surface area (TPSA) is 86.1 Å². The average Bonchev–Trinajstić information content (AvgIpc) is 3.18. The molecule has 7 nitrogen and oxygen atoms in total. The normalized spacial score (nSPS) is 15.4. The van der Waals surface area contributed by atoms with Crippen LogP contribution in [0.5, 0.6) is 0 Å². The van der Waals surface area contributed by atoms with Gasteiger partial charge in [-0.25, -0.2) is 9.48 Å². The molecule has 1 amide bonds. The number of amides is 1. The molecule has 2 heterocycles. The molecule has 1 unspecified atom stereocenters. The van der Waals surface area contributed by atoms with E-state index in [9.17, 15) is 9.59 Å². The van der Waals surface area contributed by atoms with E-state index in [-0.39, 0.29) is 17.6 Å². The average molecular weight is 502 g/mol. The van der Waals surface area contributed by atoms with Crippen LogP contribution in [0.2, 0.25) is 0 Å². The highest BCUT2D eigenvalue weighted by atomic mass is 127. The van der Waals surface area contributed by atoms with Gasteiger partial charge in [-0.3, -0.25) is 9.78 Å². The molecule has 1 aromatic carbocycles. The van der Waals surface area contributed by atoms with E-state index in [1.54, 1.807) is 0 Å². The summed E-state index contributed by atoms with van der Waals surface area (Å²) in [4.78, 5) is 28.3. The van der Waals surface area contributed by atoms with Crippen LogP contribution in [-0.4, -0.2) is 33.8 Å². The Morgan fingerprint density at radius 2 is 2.03 bits per heavy atom. The third-order valence-corrected chi connectivity index (χ3v) is 5.90. The van der Waals surface area contributed by atoms with Crippen LogP contribution in [0.15, 0.2) is 48.8 Å². The molecule has 1 atom stereocenters. The Labute approximate surface area is 181 Å². The zero-order chi connectivity index (χ0) is 20.4. The third kappa shape index (κ3) is 3.89. The highest BCUT2D eigenvalue weighted by molar-refractivity contribution is 14.1. The summed E-state index contributed by atoms with van der Waals surface area (Å²) in [5.41, 5.74) is 3.77. The summed E-state index contributed by atoms with van der Waals surface area (Å²) >= 11 is 2.31. The Morgan fingerprint density at radius 3 is 2.76 bits per heavy atom. The summed E-state index contributed by atoms with van der Waals surface area (Å²) in [5, 5.41) is 7.65. The number of pyridine rings is 1. The lowest BCUT2D eigenvalue weighted by Crippen LogP contribution is -2.31. The molecule has 29 heavy (non-hydrogen) atoms. The lowest BCUT2D eigenvalue weighted by molar-refractivity contribution is 0.0599. The van der Waals surface area contributed by atoms with E-state index in [0.29, 0.717) is 5.56 Å². The number of carbonyl (C=O) groups excluding carboxylic acids is 2. The van der Waals surface area contributed by atoms with Crippen molar-refractivity contribution in [1.29, 1.82) is 0 Å². The number of benzene rings is 1. The first kappa shape index (κ1) is 19.6. The molecule has 0 bridgehead atoms. The number of para-hydroxylation sites is 1. The van der Waals surface area contributed by atoms with Crippen molar-refractivity contribution in [3.8, 4) is 5.69 Å². The summed E-state index contributed by atoms with van der Waals surface area (Å²) in [6.45, 7) is 0. The Bertz CT molecular complexity index is 1060. The highest BCUT2D eigenvalue weighted by Crippen LogP contribution is 2.32. The zero-order valence-electron chi connectivity index (χ0n) is 15.8. The fourth-order valence-electron chi connectivity index (χ4n) is 3.54. The number of hydrogen-bond acceptors (Lipinski definition) is 5. The summed E-state index contributed by atoms with van der Waals surface area (Å²) in [5.74, 6) is -0.759. The minimum Gasteiger partial charge on any atom is -0.465 e. The molecule has 148 valence electrons. The number of fused-ring (bicyclic) bond motifs is 1. The van der Waals surface area contributed by atoms with E-state index in [1.807, 2.05) is 29.1 Å². The van der Waals surface area contributed by atoms with E-state index in [2.05, 4.69) is 48.8 Å². The van der Waals surface area contributed by atoms with Crippen LogP contribution in [0.3, 0.4) is 0 Å². The van der Waals surface area contributed by atoms with Gasteiger partial charge in [-0.15, -0.1) is 0 Å². The lowest BCUT2D eigenvalue weighted by atomic mass is 9.92. The van der Waals surface area contributed by atoms with Gasteiger partial charge in [0.15, 0.2) is 0 Å². The van der Waals surface area contributed by atoms with Crippen molar-refractivity contribution in [2.45, 2.75) is 25.3 Å². The molecule has 0 fully saturated rings. The summed E-state index contributed by atoms with van der Waals surface area (Å²) in [6, 6.07) is 11.0. The predicted molar refractivity (Wildman–Crippen MR) is 115 cm³/mol. The van der Waals surface area contributed by atoms with Gasteiger partial charge in [-0.1, -0.05) is 12.1 Å². The Kier molecular flexibility index (Phi) is 5.61. The molecule has 0 aliphatic heterocycles. The molecule has 1 N–H and O–H groups in total. The molecule has 1 aliphatic carbocycles. The van der Waals surface area contributed by atoms with Gasteiger partial charge >= 0.3 is 5.97 Å². The van der Waals surface area contributed by atoms with Crippen LogP contribution >= 0.6 is 22.6 Å². The summed E-state index contributed by atoms with van der Waals surface area (Å²) < 4.78 is 7.75. The van der Waals surface area contributed by atoms with Crippen LogP contribution < -0.4 is 5.32 Å². The molecule has 4 rings (SSSR count). The first-order valence-corrected chi connectivity index (χ1v) is 10.3. The van der Waals surface area contributed by atoms with Crippen molar-refractivity contribution in [3.63, 3.8) is 0 Å². The number of rotatable bonds is 4. The van der Waals surface area contributed by atoms with Gasteiger partial charge in [-0.2, -0.15) is 5.10 Å². The molecule has 3 aromatic rings. The standard InChI is InChI=1S/C21H19IN4O3/c1-29-21(28)13-9-10-17(23-11-13)20(27)25-16-6-4-8-18-14(16)12-24-26(18)19-7-3-2-5-15(19)22/h2-3,5,7,9-12,16H,4,6,8H2,1H3,(H,25,27). The van der Waals surface area contributed by atoms with Crippen molar-refractivity contribution in [2.75, 3.05) is 7.11 Å². The van der Waals surface area contributed by atoms with Crippen LogP contribution in [-0.2, 0) is 11.2 Å². The van der Waals surface area contributed by atoms with Gasteiger partial charge in [-0.05, 0) is 66.1 Å². The summed E-state index contributed by atoms with van der Waals surface area (Å²) in [7, 11) is 1.31. The predicted octanol–water partition coefficient (Wildman–Crippen LogP) is 3.47. The molecule has 0 saturated carbocycles. The molecule has 2 aromatic heterocycles. The fraction of sp³-hybridized carbons (Fsp3) is 0.238. The maximum absolute atomic E-state index is 12.7. The molecular weight excluding hydrogens is 483 g/mol. The first-order chi connectivity index (χ1) is 14.1. The molecule has 0 radical (unpaired) electrons. The van der Waals surface area contributed by atoms with Gasteiger partial charge in [0.1, 0.15) is 5.69 Å². The number of carbonyl (C=O) groups is 2. The zero-order valence-corrected chi connectivity index (χ0v) is 17.9.